The molecular weight excluding hydrogens is 517 g/mol. The van der Waals surface area contributed by atoms with Crippen LogP contribution in [0.3, 0.4) is 0 Å². The van der Waals surface area contributed by atoms with Crippen LogP contribution in [-0.4, -0.2) is 83.5 Å². The van der Waals surface area contributed by atoms with Crippen LogP contribution < -0.4 is 10.4 Å². The van der Waals surface area contributed by atoms with Gasteiger partial charge in [0, 0.05) is 43.4 Å². The molecule has 1 aromatic carbocycles. The van der Waals surface area contributed by atoms with E-state index in [0.717, 1.165) is 53.4 Å². The Morgan fingerprint density at radius 2 is 1.63 bits per heavy atom. The first-order valence-corrected chi connectivity index (χ1v) is 15.8. The third-order valence-corrected chi connectivity index (χ3v) is 11.9. The molecule has 2 amide bonds. The second kappa shape index (κ2) is 8.09. The molecular formula is C32H44BN3O5. The second-order valence-electron chi connectivity index (χ2n) is 15.9. The van der Waals surface area contributed by atoms with Gasteiger partial charge in [-0.1, -0.05) is 12.1 Å². The lowest BCUT2D eigenvalue weighted by Gasteiger charge is -2.46. The quantitative estimate of drug-likeness (QED) is 0.525. The van der Waals surface area contributed by atoms with Gasteiger partial charge in [0.25, 0.3) is 0 Å². The molecule has 4 saturated heterocycles. The number of ether oxygens (including phenoxy) is 1. The summed E-state index contributed by atoms with van der Waals surface area (Å²) in [4.78, 5) is 34.0. The standard InChI is InChI=1S/C32H44BN3O5/c1-29(2,3)39-28(38)34-12-10-32(11-13-34)22-9-8-18(33-40-30(4,5)31(6,7)41-33)14-23(22)36(27(32)37)20-15-19(16-20)35-17-21-24-25(21)26(24)35/h8-9,14,19-21,24-26H,10-13,15-17H2,1-7H3. The molecule has 7 fully saturated rings. The maximum Gasteiger partial charge on any atom is 0.494 e. The van der Waals surface area contributed by atoms with E-state index in [-0.39, 0.29) is 18.0 Å². The van der Waals surface area contributed by atoms with Gasteiger partial charge < -0.3 is 23.8 Å². The Hall–Kier alpha value is -2.10. The summed E-state index contributed by atoms with van der Waals surface area (Å²) < 4.78 is 18.5. The molecule has 2 bridgehead atoms. The molecule has 2 atom stereocenters. The number of hydrogen-bond donors (Lipinski definition) is 0. The van der Waals surface area contributed by atoms with Crippen molar-refractivity contribution in [1.29, 1.82) is 0 Å². The molecule has 0 aromatic heterocycles. The Bertz CT molecular complexity index is 1290. The van der Waals surface area contributed by atoms with Crippen molar-refractivity contribution < 1.29 is 23.6 Å². The SMILES string of the molecule is CC(C)(C)OC(=O)N1CCC2(CC1)C(=O)N(C1CC(N3CC4C5C4C53)C1)c1cc(B3OC(C)(C)C(C)(C)O3)ccc12. The van der Waals surface area contributed by atoms with Gasteiger partial charge in [-0.05, 0) is 109 Å². The van der Waals surface area contributed by atoms with Gasteiger partial charge in [0.15, 0.2) is 0 Å². The smallest absolute Gasteiger partial charge is 0.444 e. The Balaban J connectivity index is 1.07. The summed E-state index contributed by atoms with van der Waals surface area (Å²) in [6, 6.07) is 8.07. The highest BCUT2D eigenvalue weighted by atomic mass is 16.7. The number of benzene rings is 1. The van der Waals surface area contributed by atoms with E-state index < -0.39 is 29.3 Å². The Morgan fingerprint density at radius 3 is 2.20 bits per heavy atom. The Morgan fingerprint density at radius 1 is 1.00 bits per heavy atom. The van der Waals surface area contributed by atoms with E-state index in [9.17, 15) is 9.59 Å². The van der Waals surface area contributed by atoms with E-state index in [1.807, 2.05) is 20.8 Å². The highest BCUT2D eigenvalue weighted by Gasteiger charge is 2.81. The molecule has 8 aliphatic rings. The van der Waals surface area contributed by atoms with Gasteiger partial charge in [0.05, 0.1) is 16.6 Å². The number of piperidine rings is 2. The average Bonchev–Trinajstić information content (AvgIpc) is 3.60. The monoisotopic (exact) mass is 561 g/mol. The van der Waals surface area contributed by atoms with Gasteiger partial charge in [-0.2, -0.15) is 0 Å². The zero-order valence-corrected chi connectivity index (χ0v) is 25.6. The van der Waals surface area contributed by atoms with E-state index in [2.05, 4.69) is 55.7 Å². The molecule has 0 N–H and O–H groups in total. The van der Waals surface area contributed by atoms with Gasteiger partial charge in [0.1, 0.15) is 5.60 Å². The number of fused-ring (bicyclic) bond motifs is 3. The predicted molar refractivity (Wildman–Crippen MR) is 156 cm³/mol. The van der Waals surface area contributed by atoms with Crippen LogP contribution in [0.25, 0.3) is 0 Å². The largest absolute Gasteiger partial charge is 0.494 e. The zero-order valence-electron chi connectivity index (χ0n) is 25.6. The third kappa shape index (κ3) is 3.70. The summed E-state index contributed by atoms with van der Waals surface area (Å²) in [7, 11) is -0.471. The maximum atomic E-state index is 14.5. The lowest BCUT2D eigenvalue weighted by atomic mass is 9.71. The van der Waals surface area contributed by atoms with Gasteiger partial charge in [-0.25, -0.2) is 4.79 Å². The van der Waals surface area contributed by atoms with Gasteiger partial charge >= 0.3 is 13.2 Å². The second-order valence-corrected chi connectivity index (χ2v) is 15.9. The number of hydrogen-bond acceptors (Lipinski definition) is 6. The summed E-state index contributed by atoms with van der Waals surface area (Å²) >= 11 is 0. The molecule has 8 nitrogen and oxygen atoms in total. The normalized spacial score (nSPS) is 37.2. The van der Waals surface area contributed by atoms with Crippen LogP contribution in [0.2, 0.25) is 0 Å². The topological polar surface area (TPSA) is 71.6 Å². The van der Waals surface area contributed by atoms with Crippen LogP contribution in [0.5, 0.6) is 0 Å². The van der Waals surface area contributed by atoms with E-state index in [0.29, 0.717) is 32.0 Å². The number of nitrogens with zero attached hydrogens (tertiary/aromatic N) is 3. The third-order valence-electron chi connectivity index (χ3n) is 11.9. The first kappa shape index (κ1) is 26.5. The van der Waals surface area contributed by atoms with Gasteiger partial charge in [-0.15, -0.1) is 0 Å². The molecule has 3 saturated carbocycles. The number of carbonyl (C=O) groups is 2. The van der Waals surface area contributed by atoms with Crippen LogP contribution in [0, 0.1) is 17.8 Å². The van der Waals surface area contributed by atoms with Crippen molar-refractivity contribution in [2.24, 2.45) is 17.8 Å². The Kier molecular flexibility index (Phi) is 5.23. The van der Waals surface area contributed by atoms with Crippen molar-refractivity contribution in [2.75, 3.05) is 24.5 Å². The van der Waals surface area contributed by atoms with Crippen LogP contribution in [-0.2, 0) is 24.3 Å². The minimum Gasteiger partial charge on any atom is -0.444 e. The molecule has 1 aromatic rings. The molecule has 41 heavy (non-hydrogen) atoms. The minimum atomic E-state index is -0.604. The summed E-state index contributed by atoms with van der Waals surface area (Å²) in [5.74, 6) is 3.20. The van der Waals surface area contributed by atoms with Crippen LogP contribution in [0.15, 0.2) is 18.2 Å². The molecule has 5 aliphatic heterocycles. The van der Waals surface area contributed by atoms with Crippen LogP contribution in [0.1, 0.15) is 79.7 Å². The highest BCUT2D eigenvalue weighted by Crippen LogP contribution is 2.76. The molecule has 1 spiro atoms. The lowest BCUT2D eigenvalue weighted by molar-refractivity contribution is -0.126. The lowest BCUT2D eigenvalue weighted by Crippen LogP contribution is -2.58. The van der Waals surface area contributed by atoms with E-state index >= 15 is 0 Å². The van der Waals surface area contributed by atoms with Crippen molar-refractivity contribution in [2.45, 2.75) is 114 Å². The fourth-order valence-electron chi connectivity index (χ4n) is 8.59. The molecule has 0 radical (unpaired) electrons. The number of amides is 2. The number of carbonyl (C=O) groups excluding carboxylic acids is 2. The molecule has 2 unspecified atom stereocenters. The maximum absolute atomic E-state index is 14.5. The van der Waals surface area contributed by atoms with Crippen LogP contribution in [0.4, 0.5) is 10.5 Å². The van der Waals surface area contributed by atoms with Crippen LogP contribution >= 0.6 is 0 Å². The highest BCUT2D eigenvalue weighted by molar-refractivity contribution is 6.62. The van der Waals surface area contributed by atoms with Crippen molar-refractivity contribution >= 4 is 30.3 Å². The molecule has 3 aliphatic carbocycles. The predicted octanol–water partition coefficient (Wildman–Crippen LogP) is 3.69. The van der Waals surface area contributed by atoms with Crippen molar-refractivity contribution in [3.05, 3.63) is 23.8 Å². The molecule has 5 heterocycles. The summed E-state index contributed by atoms with van der Waals surface area (Å²) in [5.41, 5.74) is 1.08. The number of likely N-dealkylation sites (tertiary alicyclic amines) is 1. The average molecular weight is 562 g/mol. The van der Waals surface area contributed by atoms with Crippen molar-refractivity contribution in [3.63, 3.8) is 0 Å². The van der Waals surface area contributed by atoms with E-state index in [4.69, 9.17) is 14.0 Å². The van der Waals surface area contributed by atoms with Crippen molar-refractivity contribution in [1.82, 2.24) is 9.80 Å². The fourth-order valence-corrected chi connectivity index (χ4v) is 8.59. The van der Waals surface area contributed by atoms with Gasteiger partial charge in [-0.3, -0.25) is 9.69 Å². The summed E-state index contributed by atoms with van der Waals surface area (Å²) in [6.45, 7) is 16.3. The van der Waals surface area contributed by atoms with Gasteiger partial charge in [0.2, 0.25) is 5.91 Å². The molecule has 9 rings (SSSR count). The summed E-state index contributed by atoms with van der Waals surface area (Å²) in [6.07, 6.45) is 3.03. The molecule has 220 valence electrons. The number of rotatable bonds is 3. The first-order chi connectivity index (χ1) is 19.2. The number of anilines is 1. The zero-order chi connectivity index (χ0) is 28.9. The minimum absolute atomic E-state index is 0.210. The van der Waals surface area contributed by atoms with E-state index in [1.165, 1.54) is 6.54 Å². The van der Waals surface area contributed by atoms with E-state index in [1.54, 1.807) is 4.90 Å². The van der Waals surface area contributed by atoms with Crippen molar-refractivity contribution in [3.8, 4) is 0 Å². The first-order valence-electron chi connectivity index (χ1n) is 15.8. The summed E-state index contributed by atoms with van der Waals surface area (Å²) in [5, 5.41) is 0. The molecule has 9 heteroatoms. The fraction of sp³-hybridized carbons (Fsp3) is 0.750. The Labute approximate surface area is 244 Å².